The highest BCUT2D eigenvalue weighted by Gasteiger charge is 2.25. The predicted molar refractivity (Wildman–Crippen MR) is 93.3 cm³/mol. The van der Waals surface area contributed by atoms with Crippen molar-refractivity contribution < 1.29 is 14.7 Å². The molecule has 2 aromatic rings. The van der Waals surface area contributed by atoms with E-state index in [-0.39, 0.29) is 10.8 Å². The van der Waals surface area contributed by atoms with E-state index in [1.807, 2.05) is 17.0 Å². The molecule has 0 radical (unpaired) electrons. The molecule has 0 aliphatic carbocycles. The minimum absolute atomic E-state index is 0.0600. The second kappa shape index (κ2) is 6.84. The van der Waals surface area contributed by atoms with Crippen LogP contribution >= 0.6 is 27.3 Å². The number of rotatable bonds is 3. The maximum absolute atomic E-state index is 12.5. The van der Waals surface area contributed by atoms with Crippen LogP contribution in [0.25, 0.3) is 0 Å². The third-order valence-corrected chi connectivity index (χ3v) is 5.68. The summed E-state index contributed by atoms with van der Waals surface area (Å²) in [4.78, 5) is 25.9. The Kier molecular flexibility index (Phi) is 4.82. The average Bonchev–Trinajstić information content (AvgIpc) is 3.04. The fraction of sp³-hybridized carbons (Fsp3) is 0.294. The summed E-state index contributed by atoms with van der Waals surface area (Å²) >= 11 is 4.54. The van der Waals surface area contributed by atoms with Crippen LogP contribution in [0.3, 0.4) is 0 Å². The Hall–Kier alpha value is -1.66. The highest BCUT2D eigenvalue weighted by Crippen LogP contribution is 2.30. The third-order valence-electron chi connectivity index (χ3n) is 4.13. The maximum atomic E-state index is 12.5. The average molecular weight is 394 g/mol. The van der Waals surface area contributed by atoms with E-state index < -0.39 is 5.97 Å². The van der Waals surface area contributed by atoms with Gasteiger partial charge in [-0.2, -0.15) is 0 Å². The van der Waals surface area contributed by atoms with Crippen LogP contribution in [0.2, 0.25) is 0 Å². The van der Waals surface area contributed by atoms with Crippen LogP contribution in [0.5, 0.6) is 0 Å². The first-order valence-corrected chi connectivity index (χ1v) is 9.03. The van der Waals surface area contributed by atoms with Crippen LogP contribution < -0.4 is 0 Å². The smallest absolute Gasteiger partial charge is 0.345 e. The first kappa shape index (κ1) is 16.2. The van der Waals surface area contributed by atoms with E-state index in [0.717, 1.165) is 28.7 Å². The van der Waals surface area contributed by atoms with Gasteiger partial charge in [0.2, 0.25) is 0 Å². The van der Waals surface area contributed by atoms with Gasteiger partial charge in [-0.05, 0) is 48.6 Å². The van der Waals surface area contributed by atoms with Crippen molar-refractivity contribution in [3.63, 3.8) is 0 Å². The summed E-state index contributed by atoms with van der Waals surface area (Å²) in [5.74, 6) is -0.577. The molecule has 0 atom stereocenters. The lowest BCUT2D eigenvalue weighted by Crippen LogP contribution is -2.37. The summed E-state index contributed by atoms with van der Waals surface area (Å²) < 4.78 is 1.08. The number of nitrogens with zero attached hydrogens (tertiary/aromatic N) is 1. The van der Waals surface area contributed by atoms with Gasteiger partial charge in [0.1, 0.15) is 4.88 Å². The molecule has 1 aromatic heterocycles. The largest absolute Gasteiger partial charge is 0.477 e. The van der Waals surface area contributed by atoms with Gasteiger partial charge >= 0.3 is 5.97 Å². The number of halogens is 1. The van der Waals surface area contributed by atoms with Gasteiger partial charge in [0.05, 0.1) is 4.88 Å². The Morgan fingerprint density at radius 2 is 1.83 bits per heavy atom. The molecule has 1 saturated heterocycles. The number of benzene rings is 1. The molecule has 0 spiro atoms. The van der Waals surface area contributed by atoms with Gasteiger partial charge in [-0.1, -0.05) is 28.1 Å². The molecule has 1 fully saturated rings. The van der Waals surface area contributed by atoms with E-state index in [2.05, 4.69) is 28.1 Å². The number of carbonyl (C=O) groups is 2. The lowest BCUT2D eigenvalue weighted by Gasteiger charge is -2.32. The summed E-state index contributed by atoms with van der Waals surface area (Å²) in [6.45, 7) is 1.41. The zero-order valence-corrected chi connectivity index (χ0v) is 14.8. The lowest BCUT2D eigenvalue weighted by atomic mass is 9.89. The first-order valence-electron chi connectivity index (χ1n) is 7.42. The molecule has 1 aliphatic heterocycles. The molecule has 4 nitrogen and oxygen atoms in total. The van der Waals surface area contributed by atoms with Crippen LogP contribution in [-0.2, 0) is 0 Å². The number of carboxylic acid groups (broad SMARTS) is 1. The van der Waals surface area contributed by atoms with Crippen molar-refractivity contribution in [2.45, 2.75) is 18.8 Å². The number of amides is 1. The molecule has 6 heteroatoms. The minimum Gasteiger partial charge on any atom is -0.477 e. The molecule has 0 unspecified atom stereocenters. The topological polar surface area (TPSA) is 57.6 Å². The molecule has 23 heavy (non-hydrogen) atoms. The number of piperidine rings is 1. The van der Waals surface area contributed by atoms with Crippen molar-refractivity contribution in [2.24, 2.45) is 0 Å². The monoisotopic (exact) mass is 393 g/mol. The summed E-state index contributed by atoms with van der Waals surface area (Å²) in [6.07, 6.45) is 1.86. The van der Waals surface area contributed by atoms with Gasteiger partial charge in [-0.3, -0.25) is 4.79 Å². The summed E-state index contributed by atoms with van der Waals surface area (Å²) in [6, 6.07) is 11.4. The van der Waals surface area contributed by atoms with Crippen LogP contribution in [-0.4, -0.2) is 35.0 Å². The number of carbonyl (C=O) groups excluding carboxylic acids is 1. The molecular weight excluding hydrogens is 378 g/mol. The van der Waals surface area contributed by atoms with Gasteiger partial charge in [0.15, 0.2) is 0 Å². The van der Waals surface area contributed by atoms with Crippen LogP contribution in [0, 0.1) is 0 Å². The predicted octanol–water partition coefficient (Wildman–Crippen LogP) is 4.23. The van der Waals surface area contributed by atoms with E-state index >= 15 is 0 Å². The van der Waals surface area contributed by atoms with Crippen molar-refractivity contribution in [3.05, 3.63) is 56.2 Å². The van der Waals surface area contributed by atoms with Gasteiger partial charge in [0.25, 0.3) is 5.91 Å². The zero-order valence-electron chi connectivity index (χ0n) is 12.4. The van der Waals surface area contributed by atoms with Crippen molar-refractivity contribution in [1.29, 1.82) is 0 Å². The molecule has 1 aromatic carbocycles. The van der Waals surface area contributed by atoms with Crippen molar-refractivity contribution >= 4 is 39.1 Å². The molecule has 0 bridgehead atoms. The van der Waals surface area contributed by atoms with Crippen LogP contribution in [0.15, 0.2) is 40.9 Å². The van der Waals surface area contributed by atoms with Gasteiger partial charge in [-0.15, -0.1) is 11.3 Å². The Morgan fingerprint density at radius 1 is 1.13 bits per heavy atom. The highest BCUT2D eigenvalue weighted by molar-refractivity contribution is 9.10. The van der Waals surface area contributed by atoms with Gasteiger partial charge < -0.3 is 10.0 Å². The highest BCUT2D eigenvalue weighted by atomic mass is 79.9. The standard InChI is InChI=1S/C17H16BrNO3S/c18-13-3-1-2-12(10-13)11-6-8-19(9-7-11)16(20)14-4-5-15(23-14)17(21)22/h1-5,10-11H,6-9H2,(H,21,22). The second-order valence-electron chi connectivity index (χ2n) is 5.59. The first-order chi connectivity index (χ1) is 11.0. The van der Waals surface area contributed by atoms with Gasteiger partial charge in [0, 0.05) is 17.6 Å². The van der Waals surface area contributed by atoms with E-state index in [1.54, 1.807) is 6.07 Å². The van der Waals surface area contributed by atoms with Crippen LogP contribution in [0.4, 0.5) is 0 Å². The molecule has 1 aliphatic rings. The molecule has 1 N–H and O–H groups in total. The van der Waals surface area contributed by atoms with Crippen molar-refractivity contribution in [2.75, 3.05) is 13.1 Å². The molecule has 0 saturated carbocycles. The van der Waals surface area contributed by atoms with Crippen LogP contribution in [0.1, 0.15) is 43.7 Å². The third kappa shape index (κ3) is 3.64. The Morgan fingerprint density at radius 3 is 2.43 bits per heavy atom. The SMILES string of the molecule is O=C(O)c1ccc(C(=O)N2CCC(c3cccc(Br)c3)CC2)s1. The fourth-order valence-electron chi connectivity index (χ4n) is 2.90. The molecule has 3 rings (SSSR count). The Labute approximate surface area is 146 Å². The van der Waals surface area contributed by atoms with E-state index in [4.69, 9.17) is 5.11 Å². The number of hydrogen-bond acceptors (Lipinski definition) is 3. The number of carboxylic acids is 1. The van der Waals surface area contributed by atoms with E-state index in [9.17, 15) is 9.59 Å². The fourth-order valence-corrected chi connectivity index (χ4v) is 4.13. The van der Waals surface area contributed by atoms with E-state index in [1.165, 1.54) is 11.6 Å². The Bertz CT molecular complexity index is 735. The molecular formula is C17H16BrNO3S. The number of aromatic carboxylic acids is 1. The van der Waals surface area contributed by atoms with Gasteiger partial charge in [-0.25, -0.2) is 4.79 Å². The zero-order chi connectivity index (χ0) is 16.4. The quantitative estimate of drug-likeness (QED) is 0.848. The lowest BCUT2D eigenvalue weighted by molar-refractivity contribution is 0.0699. The number of likely N-dealkylation sites (tertiary alicyclic amines) is 1. The minimum atomic E-state index is -0.984. The Balaban J connectivity index is 1.64. The summed E-state index contributed by atoms with van der Waals surface area (Å²) in [7, 11) is 0. The normalized spacial score (nSPS) is 15.6. The molecule has 120 valence electrons. The second-order valence-corrected chi connectivity index (χ2v) is 7.59. The maximum Gasteiger partial charge on any atom is 0.345 e. The van der Waals surface area contributed by atoms with E-state index in [0.29, 0.717) is 23.9 Å². The summed E-state index contributed by atoms with van der Waals surface area (Å²) in [5.41, 5.74) is 1.30. The molecule has 1 amide bonds. The van der Waals surface area contributed by atoms with Crippen molar-refractivity contribution in [1.82, 2.24) is 4.90 Å². The van der Waals surface area contributed by atoms with Crippen molar-refractivity contribution in [3.8, 4) is 0 Å². The number of hydrogen-bond donors (Lipinski definition) is 1. The summed E-state index contributed by atoms with van der Waals surface area (Å²) in [5, 5.41) is 8.96. The molecule has 2 heterocycles. The number of thiophene rings is 1.